The smallest absolute Gasteiger partial charge is 0 e. The summed E-state index contributed by atoms with van der Waals surface area (Å²) in [6, 6.07) is 19.3. The number of fused-ring (bicyclic) bond motifs is 3. The van der Waals surface area contributed by atoms with Gasteiger partial charge in [0, 0.05) is 26.2 Å². The van der Waals surface area contributed by atoms with E-state index in [-0.39, 0.29) is 63.4 Å². The van der Waals surface area contributed by atoms with Gasteiger partial charge >= 0.3 is 0 Å². The Labute approximate surface area is 138 Å². The predicted octanol–water partition coefficient (Wildman–Crippen LogP) is 4.97. The summed E-state index contributed by atoms with van der Waals surface area (Å²) in [5.41, 5.74) is 0. The maximum Gasteiger partial charge on any atom is 0 e. The molecule has 4 heteroatoms. The van der Waals surface area contributed by atoms with Crippen LogP contribution in [0.1, 0.15) is 0 Å². The fourth-order valence-electron chi connectivity index (χ4n) is 1.90. The fraction of sp³-hybridized carbons (Fsp3) is 0. The molecule has 0 aliphatic rings. The van der Waals surface area contributed by atoms with Crippen molar-refractivity contribution in [3.05, 3.63) is 54.6 Å². The fourth-order valence-corrected chi connectivity index (χ4v) is 1.90. The average Bonchev–Trinajstić information content (AvgIpc) is 2.56. The molecule has 0 aliphatic heterocycles. The van der Waals surface area contributed by atoms with Gasteiger partial charge in [0.1, 0.15) is 0 Å². The second-order valence-corrected chi connectivity index (χ2v) is 3.32. The van der Waals surface area contributed by atoms with Crippen molar-refractivity contribution in [2.24, 2.45) is 0 Å². The molecule has 0 N–H and O–H groups in total. The third-order valence-electron chi connectivity index (χ3n) is 2.52. The molecule has 90 valence electrons. The van der Waals surface area contributed by atoms with Crippen molar-refractivity contribution in [2.45, 2.75) is 0 Å². The summed E-state index contributed by atoms with van der Waals surface area (Å²) < 4.78 is 0. The van der Waals surface area contributed by atoms with Crippen LogP contribution in [-0.2, 0) is 26.2 Å². The molecule has 17 heavy (non-hydrogen) atoms. The Morgan fingerprint density at radius 2 is 0.941 bits per heavy atom. The van der Waals surface area contributed by atoms with Crippen molar-refractivity contribution in [3.8, 4) is 0 Å². The SMILES string of the molecule is Cl.Cl.Cl.[Zr].c1ccc2c(c1)[cH-]c1ccccc12. The van der Waals surface area contributed by atoms with Gasteiger partial charge in [-0.2, -0.15) is 0 Å². The Kier molecular flexibility index (Phi) is 9.38. The molecule has 3 rings (SSSR count). The van der Waals surface area contributed by atoms with Crippen molar-refractivity contribution >= 4 is 58.8 Å². The average molecular weight is 366 g/mol. The summed E-state index contributed by atoms with van der Waals surface area (Å²) in [5.74, 6) is 0. The van der Waals surface area contributed by atoms with Gasteiger partial charge in [-0.25, -0.2) is 0 Å². The van der Waals surface area contributed by atoms with Crippen LogP contribution in [0.5, 0.6) is 0 Å². The number of rotatable bonds is 0. The molecule has 3 aromatic carbocycles. The topological polar surface area (TPSA) is 0 Å². The van der Waals surface area contributed by atoms with Crippen LogP contribution < -0.4 is 0 Å². The van der Waals surface area contributed by atoms with Crippen LogP contribution in [0.25, 0.3) is 21.5 Å². The minimum absolute atomic E-state index is 0. The van der Waals surface area contributed by atoms with Crippen LogP contribution in [0.2, 0.25) is 0 Å². The zero-order chi connectivity index (χ0) is 8.67. The molecule has 0 atom stereocenters. The van der Waals surface area contributed by atoms with Gasteiger partial charge in [-0.05, 0) is 0 Å². The van der Waals surface area contributed by atoms with Crippen LogP contribution in [0.4, 0.5) is 0 Å². The van der Waals surface area contributed by atoms with Crippen LogP contribution in [-0.4, -0.2) is 0 Å². The van der Waals surface area contributed by atoms with E-state index in [1.807, 2.05) is 0 Å². The molecular formula is C13H12Cl3Zr-. The van der Waals surface area contributed by atoms with E-state index < -0.39 is 0 Å². The quantitative estimate of drug-likeness (QED) is 0.493. The molecule has 0 nitrogen and oxygen atoms in total. The van der Waals surface area contributed by atoms with E-state index >= 15 is 0 Å². The minimum atomic E-state index is 0. The third-order valence-corrected chi connectivity index (χ3v) is 2.52. The Balaban J connectivity index is 0. The molecule has 0 heterocycles. The molecule has 0 radical (unpaired) electrons. The van der Waals surface area contributed by atoms with Crippen molar-refractivity contribution in [3.63, 3.8) is 0 Å². The Bertz CT molecular complexity index is 524. The van der Waals surface area contributed by atoms with Crippen LogP contribution in [0.15, 0.2) is 54.6 Å². The summed E-state index contributed by atoms with van der Waals surface area (Å²) in [6.07, 6.45) is 0. The second-order valence-electron chi connectivity index (χ2n) is 3.32. The molecular weight excluding hydrogens is 354 g/mol. The van der Waals surface area contributed by atoms with Gasteiger partial charge in [-0.1, -0.05) is 36.4 Å². The Morgan fingerprint density at radius 3 is 1.35 bits per heavy atom. The number of benzene rings is 2. The van der Waals surface area contributed by atoms with Gasteiger partial charge in [-0.3, -0.25) is 0 Å². The molecule has 3 aromatic rings. The largest absolute Gasteiger partial charge is 0.147 e. The Morgan fingerprint density at radius 1 is 0.588 bits per heavy atom. The van der Waals surface area contributed by atoms with E-state index in [2.05, 4.69) is 54.6 Å². The first kappa shape index (κ1) is 19.4. The maximum atomic E-state index is 2.24. The predicted molar refractivity (Wildman–Crippen MR) is 78.8 cm³/mol. The summed E-state index contributed by atoms with van der Waals surface area (Å²) in [6.45, 7) is 0. The molecule has 0 fully saturated rings. The summed E-state index contributed by atoms with van der Waals surface area (Å²) >= 11 is 0. The van der Waals surface area contributed by atoms with E-state index in [0.717, 1.165) is 0 Å². The molecule has 0 aliphatic carbocycles. The summed E-state index contributed by atoms with van der Waals surface area (Å²) in [5, 5.41) is 5.39. The van der Waals surface area contributed by atoms with Gasteiger partial charge in [0.05, 0.1) is 0 Å². The van der Waals surface area contributed by atoms with Gasteiger partial charge in [-0.15, -0.1) is 77.0 Å². The van der Waals surface area contributed by atoms with E-state index in [4.69, 9.17) is 0 Å². The molecule has 0 unspecified atom stereocenters. The first-order chi connectivity index (χ1) is 6.45. The maximum absolute atomic E-state index is 2.24. The van der Waals surface area contributed by atoms with E-state index in [9.17, 15) is 0 Å². The van der Waals surface area contributed by atoms with Crippen LogP contribution in [0, 0.1) is 0 Å². The van der Waals surface area contributed by atoms with Gasteiger partial charge in [0.2, 0.25) is 0 Å². The van der Waals surface area contributed by atoms with E-state index in [1.54, 1.807) is 0 Å². The third kappa shape index (κ3) is 3.51. The van der Waals surface area contributed by atoms with E-state index in [0.29, 0.717) is 0 Å². The van der Waals surface area contributed by atoms with Crippen LogP contribution >= 0.6 is 37.2 Å². The van der Waals surface area contributed by atoms with Crippen molar-refractivity contribution in [1.29, 1.82) is 0 Å². The molecule has 0 aromatic heterocycles. The first-order valence-corrected chi connectivity index (χ1v) is 4.48. The molecule has 0 spiro atoms. The van der Waals surface area contributed by atoms with Crippen molar-refractivity contribution in [1.82, 2.24) is 0 Å². The number of halogens is 3. The van der Waals surface area contributed by atoms with Crippen molar-refractivity contribution < 1.29 is 26.2 Å². The normalized spacial score (nSPS) is 8.47. The molecule has 0 bridgehead atoms. The first-order valence-electron chi connectivity index (χ1n) is 4.48. The Hall–Kier alpha value is 0.0631. The zero-order valence-corrected chi connectivity index (χ0v) is 13.8. The number of hydrogen-bond acceptors (Lipinski definition) is 0. The van der Waals surface area contributed by atoms with Gasteiger partial charge < -0.3 is 0 Å². The van der Waals surface area contributed by atoms with Crippen molar-refractivity contribution in [2.75, 3.05) is 0 Å². The molecule has 0 saturated carbocycles. The zero-order valence-electron chi connectivity index (χ0n) is 8.92. The van der Waals surface area contributed by atoms with Gasteiger partial charge in [0.25, 0.3) is 0 Å². The van der Waals surface area contributed by atoms with E-state index in [1.165, 1.54) is 21.5 Å². The summed E-state index contributed by atoms with van der Waals surface area (Å²) in [7, 11) is 0. The van der Waals surface area contributed by atoms with Crippen LogP contribution in [0.3, 0.4) is 0 Å². The van der Waals surface area contributed by atoms with Gasteiger partial charge in [0.15, 0.2) is 0 Å². The monoisotopic (exact) mass is 363 g/mol. The second kappa shape index (κ2) is 8.22. The standard InChI is InChI=1S/C13H9.3ClH.Zr/c1-3-7-12-10(5-1)9-11-6-2-4-8-13(11)12;;;;/h1-9H;3*1H;/q-1;;;;. The number of hydrogen-bond donors (Lipinski definition) is 0. The summed E-state index contributed by atoms with van der Waals surface area (Å²) in [4.78, 5) is 0. The molecule has 0 saturated heterocycles. The minimum Gasteiger partial charge on any atom is -0.147 e. The molecule has 0 amide bonds.